The van der Waals surface area contributed by atoms with E-state index in [2.05, 4.69) is 21.2 Å². The molecular weight excluding hydrogens is 260 g/mol. The normalized spacial score (nSPS) is 16.2. The monoisotopic (exact) mass is 276 g/mol. The number of hydrogen-bond acceptors (Lipinski definition) is 2. The van der Waals surface area contributed by atoms with Crippen molar-refractivity contribution < 1.29 is 9.59 Å². The van der Waals surface area contributed by atoms with Crippen molar-refractivity contribution in [2.75, 3.05) is 25.0 Å². The van der Waals surface area contributed by atoms with Gasteiger partial charge < -0.3 is 10.2 Å². The van der Waals surface area contributed by atoms with Crippen LogP contribution < -0.4 is 5.32 Å². The highest BCUT2D eigenvalue weighted by atomic mass is 79.9. The summed E-state index contributed by atoms with van der Waals surface area (Å²) in [5.41, 5.74) is 0. The van der Waals surface area contributed by atoms with Crippen LogP contribution in [0.4, 0.5) is 0 Å². The number of carbonyl (C=O) groups is 2. The van der Waals surface area contributed by atoms with E-state index in [1.165, 1.54) is 6.42 Å². The summed E-state index contributed by atoms with van der Waals surface area (Å²) in [7, 11) is 0. The summed E-state index contributed by atoms with van der Waals surface area (Å²) in [6, 6.07) is 0. The molecule has 5 heteroatoms. The Labute approximate surface area is 98.5 Å². The summed E-state index contributed by atoms with van der Waals surface area (Å²) >= 11 is 3.18. The van der Waals surface area contributed by atoms with Crippen LogP contribution in [0.15, 0.2) is 0 Å². The van der Waals surface area contributed by atoms with Gasteiger partial charge in [0.25, 0.3) is 0 Å². The van der Waals surface area contributed by atoms with Gasteiger partial charge in [-0.05, 0) is 19.3 Å². The second-order valence-electron chi connectivity index (χ2n) is 3.66. The lowest BCUT2D eigenvalue weighted by molar-refractivity contribution is -0.133. The molecule has 15 heavy (non-hydrogen) atoms. The third kappa shape index (κ3) is 4.64. The molecule has 1 aliphatic heterocycles. The van der Waals surface area contributed by atoms with Crippen molar-refractivity contribution in [3.8, 4) is 0 Å². The molecule has 0 aromatic carbocycles. The lowest BCUT2D eigenvalue weighted by Crippen LogP contribution is -2.42. The Hall–Kier alpha value is -0.580. The summed E-state index contributed by atoms with van der Waals surface area (Å²) in [5, 5.41) is 3.26. The Morgan fingerprint density at radius 2 is 1.87 bits per heavy atom. The predicted octanol–water partition coefficient (Wildman–Crippen LogP) is 0.900. The van der Waals surface area contributed by atoms with E-state index in [0.29, 0.717) is 11.8 Å². The molecule has 0 aromatic heterocycles. The van der Waals surface area contributed by atoms with Gasteiger partial charge in [-0.3, -0.25) is 9.59 Å². The Balaban J connectivity index is 2.19. The molecule has 86 valence electrons. The summed E-state index contributed by atoms with van der Waals surface area (Å²) < 4.78 is 0. The van der Waals surface area contributed by atoms with Gasteiger partial charge in [-0.2, -0.15) is 0 Å². The number of nitrogens with one attached hydrogen (secondary N) is 1. The molecule has 0 bridgehead atoms. The molecule has 1 fully saturated rings. The van der Waals surface area contributed by atoms with Gasteiger partial charge in [0.1, 0.15) is 0 Å². The van der Waals surface area contributed by atoms with Crippen LogP contribution in [0.1, 0.15) is 25.7 Å². The third-order valence-electron chi connectivity index (χ3n) is 2.47. The highest BCUT2D eigenvalue weighted by Gasteiger charge is 2.16. The SMILES string of the molecule is O=C(CCBr)NCC(=O)N1CCCCC1. The van der Waals surface area contributed by atoms with Crippen molar-refractivity contribution in [2.45, 2.75) is 25.7 Å². The van der Waals surface area contributed by atoms with Crippen LogP contribution >= 0.6 is 15.9 Å². The lowest BCUT2D eigenvalue weighted by Gasteiger charge is -2.26. The second kappa shape index (κ2) is 6.82. The maximum absolute atomic E-state index is 11.6. The van der Waals surface area contributed by atoms with Crippen molar-refractivity contribution in [2.24, 2.45) is 0 Å². The molecule has 0 atom stereocenters. The number of rotatable bonds is 4. The number of piperidine rings is 1. The molecule has 0 aromatic rings. The number of halogens is 1. The maximum Gasteiger partial charge on any atom is 0.241 e. The zero-order chi connectivity index (χ0) is 11.1. The minimum absolute atomic E-state index is 0.0395. The quantitative estimate of drug-likeness (QED) is 0.776. The van der Waals surface area contributed by atoms with Crippen LogP contribution in [0.3, 0.4) is 0 Å². The molecule has 0 spiro atoms. The molecule has 0 aliphatic carbocycles. The van der Waals surface area contributed by atoms with Crippen LogP contribution in [0.2, 0.25) is 0 Å². The van der Waals surface area contributed by atoms with Gasteiger partial charge in [-0.15, -0.1) is 0 Å². The van der Waals surface area contributed by atoms with Crippen LogP contribution in [0.5, 0.6) is 0 Å². The summed E-state index contributed by atoms with van der Waals surface area (Å²) in [4.78, 5) is 24.6. The molecule has 0 radical (unpaired) electrons. The van der Waals surface area contributed by atoms with Crippen molar-refractivity contribution in [1.29, 1.82) is 0 Å². The highest BCUT2D eigenvalue weighted by molar-refractivity contribution is 9.09. The fraction of sp³-hybridized carbons (Fsp3) is 0.800. The zero-order valence-corrected chi connectivity index (χ0v) is 10.4. The van der Waals surface area contributed by atoms with E-state index in [9.17, 15) is 9.59 Å². The third-order valence-corrected chi connectivity index (χ3v) is 2.86. The van der Waals surface area contributed by atoms with E-state index in [4.69, 9.17) is 0 Å². The van der Waals surface area contributed by atoms with Gasteiger partial charge >= 0.3 is 0 Å². The Kier molecular flexibility index (Phi) is 5.68. The maximum atomic E-state index is 11.6. The van der Waals surface area contributed by atoms with Gasteiger partial charge in [0.05, 0.1) is 6.54 Å². The van der Waals surface area contributed by atoms with Crippen LogP contribution in [0.25, 0.3) is 0 Å². The van der Waals surface area contributed by atoms with Crippen molar-refractivity contribution >= 4 is 27.7 Å². The first-order valence-electron chi connectivity index (χ1n) is 5.34. The molecule has 0 saturated carbocycles. The molecule has 4 nitrogen and oxygen atoms in total. The largest absolute Gasteiger partial charge is 0.347 e. The fourth-order valence-electron chi connectivity index (χ4n) is 1.60. The van der Waals surface area contributed by atoms with Gasteiger partial charge in [-0.25, -0.2) is 0 Å². The number of hydrogen-bond donors (Lipinski definition) is 1. The van der Waals surface area contributed by atoms with Crippen LogP contribution in [0, 0.1) is 0 Å². The molecule has 1 rings (SSSR count). The van der Waals surface area contributed by atoms with E-state index in [-0.39, 0.29) is 18.4 Å². The first kappa shape index (κ1) is 12.5. The topological polar surface area (TPSA) is 49.4 Å². The summed E-state index contributed by atoms with van der Waals surface area (Å²) in [5.74, 6) is -0.0325. The molecule has 1 heterocycles. The molecular formula is C10H17BrN2O2. The first-order chi connectivity index (χ1) is 7.24. The standard InChI is InChI=1S/C10H17BrN2O2/c11-5-4-9(14)12-8-10(15)13-6-2-1-3-7-13/h1-8H2,(H,12,14). The minimum Gasteiger partial charge on any atom is -0.347 e. The van der Waals surface area contributed by atoms with Gasteiger partial charge in [-0.1, -0.05) is 15.9 Å². The minimum atomic E-state index is -0.0720. The molecule has 0 unspecified atom stereocenters. The number of amides is 2. The number of carbonyl (C=O) groups excluding carboxylic acids is 2. The average molecular weight is 277 g/mol. The van der Waals surface area contributed by atoms with Crippen molar-refractivity contribution in [3.63, 3.8) is 0 Å². The van der Waals surface area contributed by atoms with Gasteiger partial charge in [0.2, 0.25) is 11.8 Å². The smallest absolute Gasteiger partial charge is 0.241 e. The second-order valence-corrected chi connectivity index (χ2v) is 4.45. The van der Waals surface area contributed by atoms with E-state index in [1.807, 2.05) is 4.90 Å². The van der Waals surface area contributed by atoms with E-state index in [0.717, 1.165) is 25.9 Å². The predicted molar refractivity (Wildman–Crippen MR) is 61.9 cm³/mol. The molecule has 1 aliphatic rings. The van der Waals surface area contributed by atoms with E-state index >= 15 is 0 Å². The average Bonchev–Trinajstić information content (AvgIpc) is 2.27. The van der Waals surface area contributed by atoms with Gasteiger partial charge in [0.15, 0.2) is 0 Å². The number of nitrogens with zero attached hydrogens (tertiary/aromatic N) is 1. The van der Waals surface area contributed by atoms with Crippen LogP contribution in [-0.4, -0.2) is 41.7 Å². The summed E-state index contributed by atoms with van der Waals surface area (Å²) in [6.07, 6.45) is 3.80. The molecule has 1 saturated heterocycles. The van der Waals surface area contributed by atoms with Gasteiger partial charge in [0, 0.05) is 24.8 Å². The van der Waals surface area contributed by atoms with Crippen molar-refractivity contribution in [1.82, 2.24) is 10.2 Å². The number of alkyl halides is 1. The first-order valence-corrected chi connectivity index (χ1v) is 6.46. The van der Waals surface area contributed by atoms with E-state index < -0.39 is 0 Å². The van der Waals surface area contributed by atoms with Crippen LogP contribution in [-0.2, 0) is 9.59 Å². The summed E-state index contributed by atoms with van der Waals surface area (Å²) in [6.45, 7) is 1.83. The zero-order valence-electron chi connectivity index (χ0n) is 8.80. The van der Waals surface area contributed by atoms with Crippen molar-refractivity contribution in [3.05, 3.63) is 0 Å². The Bertz CT molecular complexity index is 227. The lowest BCUT2D eigenvalue weighted by atomic mass is 10.1. The fourth-order valence-corrected chi connectivity index (χ4v) is 1.96. The molecule has 2 amide bonds. The van der Waals surface area contributed by atoms with E-state index in [1.54, 1.807) is 0 Å². The highest BCUT2D eigenvalue weighted by Crippen LogP contribution is 2.08. The molecule has 1 N–H and O–H groups in total. The Morgan fingerprint density at radius 3 is 2.47 bits per heavy atom. The Morgan fingerprint density at radius 1 is 1.20 bits per heavy atom. The number of likely N-dealkylation sites (tertiary alicyclic amines) is 1.